The number of ether oxygens (including phenoxy) is 10. The zero-order chi connectivity index (χ0) is 55.5. The molecule has 2 aliphatic heterocycles. The summed E-state index contributed by atoms with van der Waals surface area (Å²) in [6.07, 6.45) is -15.6. The zero-order valence-corrected chi connectivity index (χ0v) is 47.1. The Bertz CT molecular complexity index is 2120. The number of rotatable bonds is 13. The predicted molar refractivity (Wildman–Crippen MR) is 263 cm³/mol. The Hall–Kier alpha value is -4.46. The van der Waals surface area contributed by atoms with Gasteiger partial charge in [0.1, 0.15) is 31.5 Å². The number of benzene rings is 1. The fourth-order valence-electron chi connectivity index (χ4n) is 6.23. The van der Waals surface area contributed by atoms with Gasteiger partial charge in [0.2, 0.25) is 0 Å². The van der Waals surface area contributed by atoms with E-state index in [2.05, 4.69) is 0 Å². The van der Waals surface area contributed by atoms with E-state index in [1.54, 1.807) is 176 Å². The Balaban J connectivity index is 2.53. The van der Waals surface area contributed by atoms with Crippen LogP contribution in [0.5, 0.6) is 0 Å². The molecule has 0 amide bonds. The van der Waals surface area contributed by atoms with Crippen LogP contribution in [0.4, 0.5) is 0 Å². The fraction of sp³-hybridized carbons (Fsp3) is 0.755. The van der Waals surface area contributed by atoms with Crippen LogP contribution in [0.3, 0.4) is 0 Å². The highest BCUT2D eigenvalue weighted by molar-refractivity contribution is 7.85. The Kier molecular flexibility index (Phi) is 19.7. The Morgan fingerprint density at radius 3 is 1.07 bits per heavy atom. The number of carbonyl (C=O) groups excluding carboxylic acids is 7. The van der Waals surface area contributed by atoms with Crippen molar-refractivity contribution in [3.8, 4) is 0 Å². The number of esters is 7. The molecule has 2 aliphatic rings. The lowest BCUT2D eigenvalue weighted by molar-refractivity contribution is -0.344. The summed E-state index contributed by atoms with van der Waals surface area (Å²) in [6, 6.07) is 8.11. The van der Waals surface area contributed by atoms with Gasteiger partial charge < -0.3 is 47.4 Å². The summed E-state index contributed by atoms with van der Waals surface area (Å²) in [5, 5.41) is 0. The third-order valence-electron chi connectivity index (χ3n) is 10.9. The SMILES string of the molecule is CC(C)(C)C(=O)OCC1OC(OC2C(COC(=O)C(C)(C)C)OC(S(=O)c3ccccc3)C(OC(=O)C(C)(C)C)C2OC(=O)C(C)(C)C)C(OC(=O)C(C)(C)C)C(OC(=O)C(C)(C)C)C1OC(=O)C(C)(C)C. The first-order valence-corrected chi connectivity index (χ1v) is 25.5. The van der Waals surface area contributed by atoms with E-state index in [0.29, 0.717) is 0 Å². The molecule has 72 heavy (non-hydrogen) atoms. The summed E-state index contributed by atoms with van der Waals surface area (Å²) < 4.78 is 77.8. The van der Waals surface area contributed by atoms with Gasteiger partial charge >= 0.3 is 41.8 Å². The molecule has 0 spiro atoms. The first-order chi connectivity index (χ1) is 32.5. The summed E-state index contributed by atoms with van der Waals surface area (Å²) in [6.45, 7) is 32.1. The fourth-order valence-corrected chi connectivity index (χ4v) is 7.62. The molecule has 0 N–H and O–H groups in total. The summed E-state index contributed by atoms with van der Waals surface area (Å²) >= 11 is 0. The molecule has 18 nitrogen and oxygen atoms in total. The van der Waals surface area contributed by atoms with E-state index in [1.807, 2.05) is 0 Å². The van der Waals surface area contributed by atoms with Crippen molar-refractivity contribution in [3.63, 3.8) is 0 Å². The van der Waals surface area contributed by atoms with Crippen molar-refractivity contribution < 1.29 is 85.1 Å². The van der Waals surface area contributed by atoms with Crippen LogP contribution in [0, 0.1) is 37.9 Å². The van der Waals surface area contributed by atoms with Crippen LogP contribution in [0.1, 0.15) is 145 Å². The zero-order valence-electron chi connectivity index (χ0n) is 46.3. The average molecular weight is 1040 g/mol. The van der Waals surface area contributed by atoms with Crippen LogP contribution in [0.25, 0.3) is 0 Å². The van der Waals surface area contributed by atoms with Crippen LogP contribution in [0.15, 0.2) is 35.2 Å². The maximum Gasteiger partial charge on any atom is 0.311 e. The van der Waals surface area contributed by atoms with Gasteiger partial charge in [0.05, 0.1) is 48.7 Å². The van der Waals surface area contributed by atoms with E-state index >= 15 is 0 Å². The smallest absolute Gasteiger partial charge is 0.311 e. The van der Waals surface area contributed by atoms with E-state index in [9.17, 15) is 37.8 Å². The van der Waals surface area contributed by atoms with Crippen molar-refractivity contribution in [1.82, 2.24) is 0 Å². The topological polar surface area (TPSA) is 229 Å². The quantitative estimate of drug-likeness (QED) is 0.137. The number of carbonyl (C=O) groups is 7. The normalized spacial score (nSPS) is 26.0. The van der Waals surface area contributed by atoms with E-state index in [4.69, 9.17) is 47.4 Å². The Morgan fingerprint density at radius 1 is 0.403 bits per heavy atom. The second-order valence-electron chi connectivity index (χ2n) is 25.6. The summed E-state index contributed by atoms with van der Waals surface area (Å²) in [5.41, 5.74) is -9.73. The number of hydrogen-bond donors (Lipinski definition) is 0. The lowest BCUT2D eigenvalue weighted by Gasteiger charge is -2.49. The molecule has 2 heterocycles. The average Bonchev–Trinajstić information content (AvgIpc) is 3.22. The summed E-state index contributed by atoms with van der Waals surface area (Å²) in [7, 11) is -2.20. The Morgan fingerprint density at radius 2 is 0.708 bits per heavy atom. The van der Waals surface area contributed by atoms with Crippen molar-refractivity contribution in [2.75, 3.05) is 13.2 Å². The van der Waals surface area contributed by atoms with Crippen molar-refractivity contribution in [2.45, 2.75) is 211 Å². The molecule has 0 aliphatic carbocycles. The Labute approximate surface area is 428 Å². The van der Waals surface area contributed by atoms with Gasteiger partial charge in [0, 0.05) is 4.90 Å². The molecule has 1 aromatic rings. The van der Waals surface area contributed by atoms with Crippen molar-refractivity contribution >= 4 is 52.6 Å². The minimum atomic E-state index is -2.20. The lowest BCUT2D eigenvalue weighted by atomic mass is 9.92. The van der Waals surface area contributed by atoms with E-state index in [0.717, 1.165) is 0 Å². The predicted octanol–water partition coefficient (Wildman–Crippen LogP) is 7.60. The molecule has 3 rings (SSSR count). The van der Waals surface area contributed by atoms with Gasteiger partial charge in [-0.2, -0.15) is 0 Å². The van der Waals surface area contributed by atoms with Gasteiger partial charge in [-0.05, 0) is 158 Å². The molecule has 0 radical (unpaired) electrons. The largest absolute Gasteiger partial charge is 0.462 e. The van der Waals surface area contributed by atoms with Crippen LogP contribution in [0.2, 0.25) is 0 Å². The molecule has 2 fully saturated rings. The molecule has 11 unspecified atom stereocenters. The molecule has 11 atom stereocenters. The van der Waals surface area contributed by atoms with E-state index in [-0.39, 0.29) is 4.90 Å². The van der Waals surface area contributed by atoms with Gasteiger partial charge in [-0.1, -0.05) is 18.2 Å². The van der Waals surface area contributed by atoms with Crippen LogP contribution in [-0.2, 0) is 91.7 Å². The molecule has 0 bridgehead atoms. The maximum atomic E-state index is 14.8. The van der Waals surface area contributed by atoms with Crippen LogP contribution in [-0.4, -0.2) is 120 Å². The standard InChI is InChI=1S/C53H82O18S/c1-47(2,3)40(54)62-27-30-33(67-42(56)49(7,8)9)34(68-43(57)50(10,11)12)36(70-45(59)52(16,17)18)38(64-30)66-32-31(28-63-41(55)48(4,5)6)65-39(72(61)29-25-23-22-24-26-29)37(71-46(60)53(19,20)21)35(32)69-44(58)51(13,14)15/h22-26,30-39H,27-28H2,1-21H3. The molecule has 1 aromatic carbocycles. The highest BCUT2D eigenvalue weighted by Gasteiger charge is 2.60. The molecule has 19 heteroatoms. The molecule has 0 aromatic heterocycles. The second-order valence-corrected chi connectivity index (χ2v) is 27.1. The van der Waals surface area contributed by atoms with Crippen molar-refractivity contribution in [1.29, 1.82) is 0 Å². The van der Waals surface area contributed by atoms with E-state index < -0.39 is 164 Å². The molecule has 408 valence electrons. The van der Waals surface area contributed by atoms with Crippen molar-refractivity contribution in [2.24, 2.45) is 37.9 Å². The summed E-state index contributed by atoms with van der Waals surface area (Å²) in [5.74, 6) is -5.53. The van der Waals surface area contributed by atoms with Gasteiger partial charge in [-0.15, -0.1) is 0 Å². The lowest BCUT2D eigenvalue weighted by Crippen LogP contribution is -2.68. The van der Waals surface area contributed by atoms with E-state index in [1.165, 1.54) is 0 Å². The van der Waals surface area contributed by atoms with Crippen LogP contribution < -0.4 is 0 Å². The maximum absolute atomic E-state index is 14.8. The van der Waals surface area contributed by atoms with Gasteiger partial charge in [-0.3, -0.25) is 37.8 Å². The third-order valence-corrected chi connectivity index (χ3v) is 12.5. The molecular formula is C53H82O18S. The summed E-state index contributed by atoms with van der Waals surface area (Å²) in [4.78, 5) is 97.7. The minimum absolute atomic E-state index is 0.238. The van der Waals surface area contributed by atoms with Crippen LogP contribution >= 0.6 is 0 Å². The highest BCUT2D eigenvalue weighted by Crippen LogP contribution is 2.40. The highest BCUT2D eigenvalue weighted by atomic mass is 32.2. The number of hydrogen-bond acceptors (Lipinski definition) is 18. The third kappa shape index (κ3) is 16.8. The van der Waals surface area contributed by atoms with Crippen molar-refractivity contribution in [3.05, 3.63) is 30.3 Å². The van der Waals surface area contributed by atoms with Gasteiger partial charge in [-0.25, -0.2) is 0 Å². The second kappa shape index (κ2) is 23.0. The van der Waals surface area contributed by atoms with Gasteiger partial charge in [0.15, 0.2) is 42.2 Å². The first-order valence-electron chi connectivity index (χ1n) is 24.3. The first kappa shape index (κ1) is 61.8. The monoisotopic (exact) mass is 1040 g/mol. The minimum Gasteiger partial charge on any atom is -0.462 e. The molecule has 2 saturated heterocycles. The van der Waals surface area contributed by atoms with Gasteiger partial charge in [0.25, 0.3) is 0 Å². The molecule has 0 saturated carbocycles. The molecular weight excluding hydrogens is 957 g/mol.